The second kappa shape index (κ2) is 7.98. The van der Waals surface area contributed by atoms with Crippen molar-refractivity contribution in [3.05, 3.63) is 16.5 Å². The van der Waals surface area contributed by atoms with Gasteiger partial charge in [0.1, 0.15) is 5.00 Å². The second-order valence-corrected chi connectivity index (χ2v) is 5.78. The molecule has 1 heterocycles. The number of likely N-dealkylation sites (N-methyl/N-ethyl adjacent to an activating group) is 1. The molecular formula is C13H22N4O2S. The average molecular weight is 298 g/mol. The number of aryl methyl sites for hydroxylation is 1. The molecule has 2 amide bonds. The molecule has 0 atom stereocenters. The Morgan fingerprint density at radius 1 is 1.40 bits per heavy atom. The second-order valence-electron chi connectivity index (χ2n) is 4.64. The van der Waals surface area contributed by atoms with Crippen molar-refractivity contribution in [2.45, 2.75) is 13.3 Å². The molecule has 0 spiro atoms. The molecule has 0 aromatic carbocycles. The lowest BCUT2D eigenvalue weighted by molar-refractivity contribution is -0.116. The zero-order valence-electron chi connectivity index (χ0n) is 12.2. The first kappa shape index (κ1) is 16.6. The number of anilines is 1. The smallest absolute Gasteiger partial charge is 0.254 e. The van der Waals surface area contributed by atoms with Gasteiger partial charge < -0.3 is 21.3 Å². The Hall–Kier alpha value is -1.44. The molecule has 0 bridgehead atoms. The van der Waals surface area contributed by atoms with Crippen molar-refractivity contribution in [3.8, 4) is 0 Å². The van der Waals surface area contributed by atoms with E-state index in [0.717, 1.165) is 11.3 Å². The first-order valence-corrected chi connectivity index (χ1v) is 7.35. The number of carbonyl (C=O) groups excluding carboxylic acids is 2. The Morgan fingerprint density at radius 3 is 2.65 bits per heavy atom. The predicted molar refractivity (Wildman–Crippen MR) is 82.3 cm³/mol. The van der Waals surface area contributed by atoms with E-state index in [4.69, 9.17) is 5.73 Å². The van der Waals surface area contributed by atoms with Crippen LogP contribution in [0.25, 0.3) is 0 Å². The molecule has 4 N–H and O–H groups in total. The fourth-order valence-electron chi connectivity index (χ4n) is 1.61. The SMILES string of the molecule is CCc1cc(C(=O)NCCN)c(NC(=O)CN(C)C)s1. The number of rotatable bonds is 7. The molecule has 0 saturated heterocycles. The topological polar surface area (TPSA) is 87.5 Å². The van der Waals surface area contributed by atoms with Gasteiger partial charge in [-0.1, -0.05) is 6.92 Å². The van der Waals surface area contributed by atoms with Crippen LogP contribution >= 0.6 is 11.3 Å². The largest absolute Gasteiger partial charge is 0.351 e. The Balaban J connectivity index is 2.85. The Kier molecular flexibility index (Phi) is 6.63. The number of carbonyl (C=O) groups is 2. The number of hydrogen-bond acceptors (Lipinski definition) is 5. The number of nitrogens with two attached hydrogens (primary N) is 1. The van der Waals surface area contributed by atoms with Crippen LogP contribution in [0, 0.1) is 0 Å². The summed E-state index contributed by atoms with van der Waals surface area (Å²) in [7, 11) is 3.64. The van der Waals surface area contributed by atoms with Gasteiger partial charge in [0, 0.05) is 18.0 Å². The van der Waals surface area contributed by atoms with Crippen LogP contribution in [0.1, 0.15) is 22.2 Å². The first-order valence-electron chi connectivity index (χ1n) is 6.53. The van der Waals surface area contributed by atoms with Gasteiger partial charge in [-0.15, -0.1) is 11.3 Å². The third-order valence-electron chi connectivity index (χ3n) is 2.52. The van der Waals surface area contributed by atoms with Crippen LogP contribution in [0.2, 0.25) is 0 Å². The van der Waals surface area contributed by atoms with Gasteiger partial charge in [-0.3, -0.25) is 9.59 Å². The standard InChI is InChI=1S/C13H22N4O2S/c1-4-9-7-10(12(19)15-6-5-14)13(20-9)16-11(18)8-17(2)3/h7H,4-6,8,14H2,1-3H3,(H,15,19)(H,16,18). The van der Waals surface area contributed by atoms with Crippen LogP contribution in [0.15, 0.2) is 6.07 Å². The summed E-state index contributed by atoms with van der Waals surface area (Å²) in [5.74, 6) is -0.334. The summed E-state index contributed by atoms with van der Waals surface area (Å²) >= 11 is 1.43. The molecule has 0 saturated carbocycles. The zero-order valence-corrected chi connectivity index (χ0v) is 13.0. The molecule has 1 aromatic rings. The van der Waals surface area contributed by atoms with E-state index in [0.29, 0.717) is 23.7 Å². The number of hydrogen-bond donors (Lipinski definition) is 3. The molecule has 20 heavy (non-hydrogen) atoms. The molecule has 1 rings (SSSR count). The number of thiophene rings is 1. The highest BCUT2D eigenvalue weighted by Crippen LogP contribution is 2.28. The predicted octanol–water partition coefficient (Wildman–Crippen LogP) is 0.499. The van der Waals surface area contributed by atoms with E-state index in [-0.39, 0.29) is 18.4 Å². The molecule has 0 aliphatic rings. The van der Waals surface area contributed by atoms with Gasteiger partial charge in [-0.25, -0.2) is 0 Å². The lowest BCUT2D eigenvalue weighted by Crippen LogP contribution is -2.30. The Labute approximate surface area is 123 Å². The minimum Gasteiger partial charge on any atom is -0.351 e. The van der Waals surface area contributed by atoms with Crippen LogP contribution in [-0.4, -0.2) is 50.4 Å². The number of nitrogens with one attached hydrogen (secondary N) is 2. The Morgan fingerprint density at radius 2 is 2.10 bits per heavy atom. The van der Waals surface area contributed by atoms with Gasteiger partial charge in [0.15, 0.2) is 0 Å². The molecule has 1 aromatic heterocycles. The molecule has 0 aliphatic carbocycles. The summed E-state index contributed by atoms with van der Waals surface area (Å²) in [6.07, 6.45) is 0.825. The molecule has 0 aliphatic heterocycles. The molecule has 0 unspecified atom stereocenters. The fraction of sp³-hybridized carbons (Fsp3) is 0.538. The monoisotopic (exact) mass is 298 g/mol. The highest BCUT2D eigenvalue weighted by atomic mass is 32.1. The third-order valence-corrected chi connectivity index (χ3v) is 3.71. The van der Waals surface area contributed by atoms with E-state index >= 15 is 0 Å². The van der Waals surface area contributed by atoms with Gasteiger partial charge in [0.05, 0.1) is 12.1 Å². The van der Waals surface area contributed by atoms with Gasteiger partial charge in [0.25, 0.3) is 5.91 Å². The molecule has 7 heteroatoms. The van der Waals surface area contributed by atoms with Gasteiger partial charge in [-0.05, 0) is 26.6 Å². The molecular weight excluding hydrogens is 276 g/mol. The summed E-state index contributed by atoms with van der Waals surface area (Å²) in [6.45, 7) is 3.10. The maximum Gasteiger partial charge on any atom is 0.254 e. The highest BCUT2D eigenvalue weighted by molar-refractivity contribution is 7.16. The van der Waals surface area contributed by atoms with Crippen LogP contribution in [0.5, 0.6) is 0 Å². The maximum atomic E-state index is 12.0. The van der Waals surface area contributed by atoms with E-state index in [9.17, 15) is 9.59 Å². The summed E-state index contributed by atoms with van der Waals surface area (Å²) < 4.78 is 0. The molecule has 0 radical (unpaired) electrons. The fourth-order valence-corrected chi connectivity index (χ4v) is 2.62. The lowest BCUT2D eigenvalue weighted by Gasteiger charge is -2.10. The lowest BCUT2D eigenvalue weighted by atomic mass is 10.2. The summed E-state index contributed by atoms with van der Waals surface area (Å²) in [6, 6.07) is 1.82. The van der Waals surface area contributed by atoms with E-state index in [1.807, 2.05) is 27.1 Å². The number of amides is 2. The molecule has 6 nitrogen and oxygen atoms in total. The minimum absolute atomic E-state index is 0.132. The maximum absolute atomic E-state index is 12.0. The summed E-state index contributed by atoms with van der Waals surface area (Å²) in [5, 5.41) is 6.12. The summed E-state index contributed by atoms with van der Waals surface area (Å²) in [5.41, 5.74) is 5.88. The van der Waals surface area contributed by atoms with Crippen LogP contribution in [0.3, 0.4) is 0 Å². The van der Waals surface area contributed by atoms with E-state index in [1.54, 1.807) is 4.90 Å². The van der Waals surface area contributed by atoms with Gasteiger partial charge >= 0.3 is 0 Å². The van der Waals surface area contributed by atoms with Crippen molar-refractivity contribution in [2.75, 3.05) is 39.0 Å². The zero-order chi connectivity index (χ0) is 15.1. The van der Waals surface area contributed by atoms with Crippen molar-refractivity contribution in [1.29, 1.82) is 0 Å². The molecule has 112 valence electrons. The average Bonchev–Trinajstić information content (AvgIpc) is 2.78. The normalized spacial score (nSPS) is 10.7. The van der Waals surface area contributed by atoms with Crippen LogP contribution in [0.4, 0.5) is 5.00 Å². The van der Waals surface area contributed by atoms with Crippen molar-refractivity contribution in [3.63, 3.8) is 0 Å². The quantitative estimate of drug-likeness (QED) is 0.684. The van der Waals surface area contributed by atoms with Crippen molar-refractivity contribution in [2.24, 2.45) is 5.73 Å². The third kappa shape index (κ3) is 4.92. The van der Waals surface area contributed by atoms with E-state index < -0.39 is 0 Å². The van der Waals surface area contributed by atoms with Crippen LogP contribution < -0.4 is 16.4 Å². The van der Waals surface area contributed by atoms with Crippen molar-refractivity contribution in [1.82, 2.24) is 10.2 Å². The van der Waals surface area contributed by atoms with Crippen molar-refractivity contribution >= 4 is 28.2 Å². The van der Waals surface area contributed by atoms with E-state index in [1.165, 1.54) is 11.3 Å². The van der Waals surface area contributed by atoms with Crippen LogP contribution in [-0.2, 0) is 11.2 Å². The Bertz CT molecular complexity index is 471. The number of nitrogens with zero attached hydrogens (tertiary/aromatic N) is 1. The summed E-state index contributed by atoms with van der Waals surface area (Å²) in [4.78, 5) is 26.7. The van der Waals surface area contributed by atoms with E-state index in [2.05, 4.69) is 10.6 Å². The molecule has 0 fully saturated rings. The first-order chi connectivity index (χ1) is 9.47. The van der Waals surface area contributed by atoms with Gasteiger partial charge in [0.2, 0.25) is 5.91 Å². The minimum atomic E-state index is -0.202. The van der Waals surface area contributed by atoms with Crippen molar-refractivity contribution < 1.29 is 9.59 Å². The highest BCUT2D eigenvalue weighted by Gasteiger charge is 2.17. The van der Waals surface area contributed by atoms with Gasteiger partial charge in [-0.2, -0.15) is 0 Å².